The number of nitrogens with one attached hydrogen (secondary N) is 2. The van der Waals surface area contributed by atoms with Gasteiger partial charge in [0, 0.05) is 23.1 Å². The molecule has 0 spiro atoms. The first-order chi connectivity index (χ1) is 8.42. The van der Waals surface area contributed by atoms with Crippen LogP contribution in [0.1, 0.15) is 19.4 Å². The van der Waals surface area contributed by atoms with E-state index in [0.29, 0.717) is 16.6 Å². The van der Waals surface area contributed by atoms with Gasteiger partial charge in [0.05, 0.1) is 0 Å². The van der Waals surface area contributed by atoms with E-state index in [0.717, 1.165) is 0 Å². The Hall–Kier alpha value is -0.500. The minimum Gasteiger partial charge on any atom is -0.313 e. The molecule has 0 atom stereocenters. The van der Waals surface area contributed by atoms with Gasteiger partial charge in [-0.15, -0.1) is 0 Å². The highest BCUT2D eigenvalue weighted by molar-refractivity contribution is 9.10. The molecule has 18 heavy (non-hydrogen) atoms. The lowest BCUT2D eigenvalue weighted by Crippen LogP contribution is -2.25. The average molecular weight is 339 g/mol. The minimum absolute atomic E-state index is 0.219. The Kier molecular flexibility index (Phi) is 5.71. The van der Waals surface area contributed by atoms with E-state index in [1.165, 1.54) is 6.07 Å². The third-order valence-electron chi connectivity index (χ3n) is 2.27. The molecular formula is C11H16BrFN2O2S. The highest BCUT2D eigenvalue weighted by Crippen LogP contribution is 2.24. The quantitative estimate of drug-likeness (QED) is 0.833. The van der Waals surface area contributed by atoms with Crippen LogP contribution < -0.4 is 10.0 Å². The van der Waals surface area contributed by atoms with E-state index in [9.17, 15) is 12.8 Å². The molecule has 1 rings (SSSR count). The molecule has 0 aliphatic carbocycles. The van der Waals surface area contributed by atoms with Gasteiger partial charge in [-0.3, -0.25) is 0 Å². The van der Waals surface area contributed by atoms with Crippen molar-refractivity contribution in [3.63, 3.8) is 0 Å². The Morgan fingerprint density at radius 2 is 1.94 bits per heavy atom. The summed E-state index contributed by atoms with van der Waals surface area (Å²) in [5.74, 6) is -0.708. The largest absolute Gasteiger partial charge is 0.313 e. The van der Waals surface area contributed by atoms with Gasteiger partial charge in [-0.05, 0) is 18.7 Å². The van der Waals surface area contributed by atoms with Crippen LogP contribution in [0.25, 0.3) is 0 Å². The molecule has 2 N–H and O–H groups in total. The molecule has 0 aromatic heterocycles. The Labute approximate surface area is 115 Å². The lowest BCUT2D eigenvalue weighted by Gasteiger charge is -2.11. The third-order valence-corrected chi connectivity index (χ3v) is 4.27. The SMILES string of the molecule is CCNCc1cc(Br)cc(S(=O)(=O)NCC)c1F. The van der Waals surface area contributed by atoms with Crippen molar-refractivity contribution in [1.82, 2.24) is 10.0 Å². The van der Waals surface area contributed by atoms with Gasteiger partial charge < -0.3 is 5.32 Å². The van der Waals surface area contributed by atoms with Gasteiger partial charge >= 0.3 is 0 Å². The maximum Gasteiger partial charge on any atom is 0.243 e. The summed E-state index contributed by atoms with van der Waals surface area (Å²) in [5, 5.41) is 2.97. The fraction of sp³-hybridized carbons (Fsp3) is 0.455. The normalized spacial score (nSPS) is 11.8. The highest BCUT2D eigenvalue weighted by atomic mass is 79.9. The van der Waals surface area contributed by atoms with Gasteiger partial charge in [0.2, 0.25) is 10.0 Å². The van der Waals surface area contributed by atoms with Gasteiger partial charge in [-0.25, -0.2) is 17.5 Å². The van der Waals surface area contributed by atoms with Crippen molar-refractivity contribution in [2.45, 2.75) is 25.3 Å². The Balaban J connectivity index is 3.24. The van der Waals surface area contributed by atoms with Crippen LogP contribution in [0.3, 0.4) is 0 Å². The van der Waals surface area contributed by atoms with Crippen LogP contribution in [-0.4, -0.2) is 21.5 Å². The van der Waals surface area contributed by atoms with E-state index in [2.05, 4.69) is 26.0 Å². The van der Waals surface area contributed by atoms with E-state index < -0.39 is 15.8 Å². The maximum atomic E-state index is 14.1. The molecule has 1 aromatic rings. The van der Waals surface area contributed by atoms with Crippen molar-refractivity contribution in [3.05, 3.63) is 28.0 Å². The number of sulfonamides is 1. The molecule has 102 valence electrons. The Morgan fingerprint density at radius 1 is 1.28 bits per heavy atom. The van der Waals surface area contributed by atoms with Gasteiger partial charge in [0.15, 0.2) is 0 Å². The standard InChI is InChI=1S/C11H16BrFN2O2S/c1-3-14-7-8-5-9(12)6-10(11(8)13)18(16,17)15-4-2/h5-6,14-15H,3-4,7H2,1-2H3. The Morgan fingerprint density at radius 3 is 2.50 bits per heavy atom. The van der Waals surface area contributed by atoms with E-state index >= 15 is 0 Å². The lowest BCUT2D eigenvalue weighted by molar-refractivity contribution is 0.544. The van der Waals surface area contributed by atoms with Gasteiger partial charge in [0.25, 0.3) is 0 Å². The Bertz CT molecular complexity index is 520. The van der Waals surface area contributed by atoms with Crippen LogP contribution in [0, 0.1) is 5.82 Å². The second-order valence-corrected chi connectivity index (χ2v) is 6.31. The molecule has 0 radical (unpaired) electrons. The van der Waals surface area contributed by atoms with Gasteiger partial charge in [-0.2, -0.15) is 0 Å². The second-order valence-electron chi connectivity index (χ2n) is 3.66. The molecule has 4 nitrogen and oxygen atoms in total. The van der Waals surface area contributed by atoms with Crippen molar-refractivity contribution >= 4 is 26.0 Å². The second kappa shape index (κ2) is 6.60. The summed E-state index contributed by atoms with van der Waals surface area (Å²) < 4.78 is 40.6. The van der Waals surface area contributed by atoms with E-state index in [-0.39, 0.29) is 18.0 Å². The first kappa shape index (κ1) is 15.6. The number of hydrogen-bond acceptors (Lipinski definition) is 3. The molecule has 0 heterocycles. The van der Waals surface area contributed by atoms with Crippen LogP contribution in [0.2, 0.25) is 0 Å². The fourth-order valence-corrected chi connectivity index (χ4v) is 3.31. The summed E-state index contributed by atoms with van der Waals surface area (Å²) in [5.41, 5.74) is 0.322. The van der Waals surface area contributed by atoms with Crippen LogP contribution in [-0.2, 0) is 16.6 Å². The molecule has 0 fully saturated rings. The van der Waals surface area contributed by atoms with E-state index in [1.807, 2.05) is 6.92 Å². The van der Waals surface area contributed by atoms with Crippen LogP contribution in [0.15, 0.2) is 21.5 Å². The smallest absolute Gasteiger partial charge is 0.243 e. The summed E-state index contributed by atoms with van der Waals surface area (Å²) in [7, 11) is -3.79. The zero-order valence-corrected chi connectivity index (χ0v) is 12.7. The van der Waals surface area contributed by atoms with Crippen molar-refractivity contribution in [1.29, 1.82) is 0 Å². The number of benzene rings is 1. The fourth-order valence-electron chi connectivity index (χ4n) is 1.47. The maximum absolute atomic E-state index is 14.1. The van der Waals surface area contributed by atoms with Crippen molar-refractivity contribution in [2.24, 2.45) is 0 Å². The van der Waals surface area contributed by atoms with Gasteiger partial charge in [0.1, 0.15) is 10.7 Å². The summed E-state index contributed by atoms with van der Waals surface area (Å²) in [4.78, 5) is -0.327. The lowest BCUT2D eigenvalue weighted by atomic mass is 10.2. The average Bonchev–Trinajstić information content (AvgIpc) is 2.29. The highest BCUT2D eigenvalue weighted by Gasteiger charge is 2.21. The predicted molar refractivity (Wildman–Crippen MR) is 72.3 cm³/mol. The molecular weight excluding hydrogens is 323 g/mol. The molecule has 0 unspecified atom stereocenters. The molecule has 0 saturated heterocycles. The van der Waals surface area contributed by atoms with Crippen molar-refractivity contribution in [2.75, 3.05) is 13.1 Å². The minimum atomic E-state index is -3.79. The third kappa shape index (κ3) is 3.74. The number of halogens is 2. The topological polar surface area (TPSA) is 58.2 Å². The van der Waals surface area contributed by atoms with Crippen molar-refractivity contribution in [3.8, 4) is 0 Å². The first-order valence-corrected chi connectivity index (χ1v) is 7.88. The molecule has 0 bridgehead atoms. The van der Waals surface area contributed by atoms with Crippen LogP contribution >= 0.6 is 15.9 Å². The first-order valence-electron chi connectivity index (χ1n) is 5.60. The van der Waals surface area contributed by atoms with Gasteiger partial charge in [-0.1, -0.05) is 29.8 Å². The number of rotatable bonds is 6. The monoisotopic (exact) mass is 338 g/mol. The van der Waals surface area contributed by atoms with E-state index in [4.69, 9.17) is 0 Å². The summed E-state index contributed by atoms with van der Waals surface area (Å²) in [6, 6.07) is 2.84. The zero-order valence-electron chi connectivity index (χ0n) is 10.3. The van der Waals surface area contributed by atoms with Crippen LogP contribution in [0.4, 0.5) is 4.39 Å². The predicted octanol–water partition coefficient (Wildman–Crippen LogP) is 2.00. The number of hydrogen-bond donors (Lipinski definition) is 2. The summed E-state index contributed by atoms with van der Waals surface area (Å²) in [6.45, 7) is 4.73. The van der Waals surface area contributed by atoms with E-state index in [1.54, 1.807) is 13.0 Å². The molecule has 0 aliphatic rings. The summed E-state index contributed by atoms with van der Waals surface area (Å²) >= 11 is 3.20. The molecule has 0 aliphatic heterocycles. The van der Waals surface area contributed by atoms with Crippen molar-refractivity contribution < 1.29 is 12.8 Å². The molecule has 0 saturated carbocycles. The molecule has 1 aromatic carbocycles. The molecule has 0 amide bonds. The summed E-state index contributed by atoms with van der Waals surface area (Å²) in [6.07, 6.45) is 0. The molecule has 7 heteroatoms. The zero-order chi connectivity index (χ0) is 13.8. The van der Waals surface area contributed by atoms with Crippen LogP contribution in [0.5, 0.6) is 0 Å².